The fourth-order valence-electron chi connectivity index (χ4n) is 2.95. The molecule has 1 aliphatic heterocycles. The number of aromatic nitrogens is 2. The maximum Gasteiger partial charge on any atom is 0.275 e. The monoisotopic (exact) mass is 326 g/mol. The van der Waals surface area contributed by atoms with Crippen LogP contribution in [0.4, 0.5) is 0 Å². The van der Waals surface area contributed by atoms with Crippen LogP contribution >= 0.6 is 0 Å². The first kappa shape index (κ1) is 16.4. The maximum atomic E-state index is 12.4. The lowest BCUT2D eigenvalue weighted by atomic mass is 10.00. The molecule has 0 radical (unpaired) electrons. The molecule has 1 unspecified atom stereocenters. The van der Waals surface area contributed by atoms with E-state index in [0.29, 0.717) is 18.2 Å². The molecule has 1 fully saturated rings. The number of nitrogens with zero attached hydrogens (tertiary/aromatic N) is 2. The number of amides is 1. The largest absolute Gasteiger partial charge is 0.350 e. The number of carbonyl (C=O) groups is 1. The van der Waals surface area contributed by atoms with Crippen molar-refractivity contribution in [3.05, 3.63) is 58.0 Å². The van der Waals surface area contributed by atoms with Gasteiger partial charge in [-0.1, -0.05) is 18.2 Å². The molecule has 24 heavy (non-hydrogen) atoms. The fourth-order valence-corrected chi connectivity index (χ4v) is 2.95. The molecule has 6 nitrogen and oxygen atoms in total. The summed E-state index contributed by atoms with van der Waals surface area (Å²) in [6.07, 6.45) is 2.20. The Kier molecular flexibility index (Phi) is 5.05. The second-order valence-electron chi connectivity index (χ2n) is 6.17. The summed E-state index contributed by atoms with van der Waals surface area (Å²) in [6.45, 7) is 4.30. The van der Waals surface area contributed by atoms with E-state index in [1.807, 2.05) is 30.3 Å². The van der Waals surface area contributed by atoms with Crippen molar-refractivity contribution < 1.29 is 4.79 Å². The summed E-state index contributed by atoms with van der Waals surface area (Å²) in [5.41, 5.74) is 1.10. The van der Waals surface area contributed by atoms with Crippen LogP contribution in [0, 0.1) is 12.8 Å². The molecule has 1 atom stereocenters. The molecule has 2 N–H and O–H groups in total. The van der Waals surface area contributed by atoms with Gasteiger partial charge in [0, 0.05) is 18.3 Å². The van der Waals surface area contributed by atoms with Crippen molar-refractivity contribution in [2.75, 3.05) is 19.6 Å². The van der Waals surface area contributed by atoms with Gasteiger partial charge in [0.15, 0.2) is 5.69 Å². The van der Waals surface area contributed by atoms with Gasteiger partial charge in [-0.05, 0) is 50.9 Å². The Labute approximate surface area is 140 Å². The molecule has 1 aromatic carbocycles. The second kappa shape index (κ2) is 7.40. The van der Waals surface area contributed by atoms with E-state index in [2.05, 4.69) is 15.7 Å². The minimum atomic E-state index is -0.407. The molecule has 2 heterocycles. The summed E-state index contributed by atoms with van der Waals surface area (Å²) >= 11 is 0. The first-order valence-electron chi connectivity index (χ1n) is 8.30. The standard InChI is InChI=1S/C18H22N4O2/c1-13-10-16(23)17(21-22(13)15-7-3-2-4-8-15)18(24)20-12-14-6-5-9-19-11-14/h2-4,7-8,10,14,19H,5-6,9,11-12H2,1H3,(H,20,24). The van der Waals surface area contributed by atoms with E-state index < -0.39 is 5.91 Å². The van der Waals surface area contributed by atoms with E-state index >= 15 is 0 Å². The van der Waals surface area contributed by atoms with Gasteiger partial charge in [0.1, 0.15) is 0 Å². The van der Waals surface area contributed by atoms with Crippen LogP contribution in [0.5, 0.6) is 0 Å². The second-order valence-corrected chi connectivity index (χ2v) is 6.17. The number of rotatable bonds is 4. The quantitative estimate of drug-likeness (QED) is 0.887. The Morgan fingerprint density at radius 2 is 2.17 bits per heavy atom. The molecule has 6 heteroatoms. The summed E-state index contributed by atoms with van der Waals surface area (Å²) in [5, 5.41) is 10.5. The Hall–Kier alpha value is -2.47. The predicted octanol–water partition coefficient (Wildman–Crippen LogP) is 1.27. The number of carbonyl (C=O) groups excluding carboxylic acids is 1. The van der Waals surface area contributed by atoms with Gasteiger partial charge in [-0.2, -0.15) is 5.10 Å². The molecule has 1 aromatic heterocycles. The number of benzene rings is 1. The first-order valence-corrected chi connectivity index (χ1v) is 8.30. The van der Waals surface area contributed by atoms with Gasteiger partial charge < -0.3 is 10.6 Å². The molecule has 126 valence electrons. The molecule has 2 aromatic rings. The Bertz CT molecular complexity index is 764. The normalized spacial score (nSPS) is 17.5. The molecule has 0 aliphatic carbocycles. The smallest absolute Gasteiger partial charge is 0.275 e. The zero-order valence-corrected chi connectivity index (χ0v) is 13.8. The molecule has 1 amide bonds. The molecule has 0 spiro atoms. The van der Waals surface area contributed by atoms with Crippen LogP contribution in [-0.4, -0.2) is 35.3 Å². The number of piperidine rings is 1. The zero-order chi connectivity index (χ0) is 16.9. The van der Waals surface area contributed by atoms with E-state index in [0.717, 1.165) is 31.6 Å². The van der Waals surface area contributed by atoms with Crippen LogP contribution in [0.25, 0.3) is 5.69 Å². The van der Waals surface area contributed by atoms with Gasteiger partial charge in [-0.3, -0.25) is 9.59 Å². The third kappa shape index (κ3) is 3.71. The molecule has 3 rings (SSSR count). The topological polar surface area (TPSA) is 76.0 Å². The van der Waals surface area contributed by atoms with E-state index in [1.165, 1.54) is 6.07 Å². The highest BCUT2D eigenvalue weighted by Crippen LogP contribution is 2.09. The van der Waals surface area contributed by atoms with E-state index in [-0.39, 0.29) is 11.1 Å². The van der Waals surface area contributed by atoms with Crippen LogP contribution in [0.15, 0.2) is 41.2 Å². The fraction of sp³-hybridized carbons (Fsp3) is 0.389. The summed E-state index contributed by atoms with van der Waals surface area (Å²) < 4.78 is 1.62. The molecule has 1 aliphatic rings. The van der Waals surface area contributed by atoms with Gasteiger partial charge in [0.05, 0.1) is 5.69 Å². The van der Waals surface area contributed by atoms with Gasteiger partial charge in [0.25, 0.3) is 5.91 Å². The number of hydrogen-bond acceptors (Lipinski definition) is 4. The summed E-state index contributed by atoms with van der Waals surface area (Å²) in [7, 11) is 0. The van der Waals surface area contributed by atoms with Crippen molar-refractivity contribution in [1.82, 2.24) is 20.4 Å². The molecule has 1 saturated heterocycles. The molecular weight excluding hydrogens is 304 g/mol. The van der Waals surface area contributed by atoms with Crippen LogP contribution in [0.3, 0.4) is 0 Å². The lowest BCUT2D eigenvalue weighted by Gasteiger charge is -2.22. The Balaban J connectivity index is 1.79. The van der Waals surface area contributed by atoms with Crippen molar-refractivity contribution in [1.29, 1.82) is 0 Å². The lowest BCUT2D eigenvalue weighted by Crippen LogP contribution is -2.40. The van der Waals surface area contributed by atoms with E-state index in [4.69, 9.17) is 0 Å². The highest BCUT2D eigenvalue weighted by Gasteiger charge is 2.18. The highest BCUT2D eigenvalue weighted by molar-refractivity contribution is 5.92. The van der Waals surface area contributed by atoms with Crippen molar-refractivity contribution >= 4 is 5.91 Å². The SMILES string of the molecule is Cc1cc(=O)c(C(=O)NCC2CCCNC2)nn1-c1ccccc1. The van der Waals surface area contributed by atoms with Gasteiger partial charge in [0.2, 0.25) is 5.43 Å². The van der Waals surface area contributed by atoms with Gasteiger partial charge in [-0.25, -0.2) is 4.68 Å². The van der Waals surface area contributed by atoms with Gasteiger partial charge in [-0.15, -0.1) is 0 Å². The maximum absolute atomic E-state index is 12.4. The van der Waals surface area contributed by atoms with Crippen molar-refractivity contribution in [3.63, 3.8) is 0 Å². The van der Waals surface area contributed by atoms with Crippen molar-refractivity contribution in [2.45, 2.75) is 19.8 Å². The molecule has 0 bridgehead atoms. The third-order valence-electron chi connectivity index (χ3n) is 4.27. The van der Waals surface area contributed by atoms with Crippen LogP contribution in [-0.2, 0) is 0 Å². The van der Waals surface area contributed by atoms with Gasteiger partial charge >= 0.3 is 0 Å². The third-order valence-corrected chi connectivity index (χ3v) is 4.27. The minimum absolute atomic E-state index is 0.0618. The average Bonchev–Trinajstić information content (AvgIpc) is 2.61. The first-order chi connectivity index (χ1) is 11.6. The van der Waals surface area contributed by atoms with Crippen LogP contribution < -0.4 is 16.1 Å². The van der Waals surface area contributed by atoms with E-state index in [9.17, 15) is 9.59 Å². The Morgan fingerprint density at radius 3 is 2.88 bits per heavy atom. The Morgan fingerprint density at radius 1 is 1.38 bits per heavy atom. The lowest BCUT2D eigenvalue weighted by molar-refractivity contribution is 0.0937. The van der Waals surface area contributed by atoms with Crippen LogP contribution in [0.2, 0.25) is 0 Å². The number of hydrogen-bond donors (Lipinski definition) is 2. The predicted molar refractivity (Wildman–Crippen MR) is 92.5 cm³/mol. The van der Waals surface area contributed by atoms with Crippen LogP contribution in [0.1, 0.15) is 29.0 Å². The average molecular weight is 326 g/mol. The van der Waals surface area contributed by atoms with Crippen molar-refractivity contribution in [3.8, 4) is 5.69 Å². The summed E-state index contributed by atoms with van der Waals surface area (Å²) in [6, 6.07) is 10.9. The number of nitrogens with one attached hydrogen (secondary N) is 2. The van der Waals surface area contributed by atoms with Crippen molar-refractivity contribution in [2.24, 2.45) is 5.92 Å². The summed E-state index contributed by atoms with van der Waals surface area (Å²) in [5.74, 6) is -0.000230. The van der Waals surface area contributed by atoms with E-state index in [1.54, 1.807) is 11.6 Å². The molecule has 0 saturated carbocycles. The minimum Gasteiger partial charge on any atom is -0.350 e. The zero-order valence-electron chi connectivity index (χ0n) is 13.8. The number of para-hydroxylation sites is 1. The highest BCUT2D eigenvalue weighted by atomic mass is 16.2. The molecular formula is C18H22N4O2. The number of aryl methyl sites for hydroxylation is 1. The summed E-state index contributed by atoms with van der Waals surface area (Å²) in [4.78, 5) is 24.6.